The van der Waals surface area contributed by atoms with Crippen molar-refractivity contribution in [1.82, 2.24) is 0 Å². The monoisotopic (exact) mass is 280 g/mol. The molecule has 3 atom stereocenters. The van der Waals surface area contributed by atoms with Crippen molar-refractivity contribution in [3.8, 4) is 0 Å². The number of allylic oxidation sites excluding steroid dienone is 1. The van der Waals surface area contributed by atoms with Gasteiger partial charge in [-0.25, -0.2) is 0 Å². The summed E-state index contributed by atoms with van der Waals surface area (Å²) in [5, 5.41) is 0. The number of ketones is 1. The van der Waals surface area contributed by atoms with Crippen molar-refractivity contribution < 1.29 is 23.9 Å². The second-order valence-corrected chi connectivity index (χ2v) is 5.89. The number of carbonyl (C=O) groups excluding carboxylic acids is 3. The molecule has 0 aromatic rings. The molecule has 0 heterocycles. The van der Waals surface area contributed by atoms with Gasteiger partial charge in [0.2, 0.25) is 0 Å². The third kappa shape index (κ3) is 1.96. The summed E-state index contributed by atoms with van der Waals surface area (Å²) < 4.78 is 9.60. The van der Waals surface area contributed by atoms with Crippen LogP contribution < -0.4 is 0 Å². The summed E-state index contributed by atoms with van der Waals surface area (Å²) in [4.78, 5) is 36.2. The molecule has 0 unspecified atom stereocenters. The summed E-state index contributed by atoms with van der Waals surface area (Å²) in [5.41, 5.74) is -0.458. The summed E-state index contributed by atoms with van der Waals surface area (Å²) in [7, 11) is 2.53. The smallest absolute Gasteiger partial charge is 0.323 e. The van der Waals surface area contributed by atoms with E-state index in [9.17, 15) is 14.4 Å². The molecule has 5 heteroatoms. The second kappa shape index (κ2) is 5.04. The minimum absolute atomic E-state index is 0.0156. The zero-order valence-corrected chi connectivity index (χ0v) is 12.1. The van der Waals surface area contributed by atoms with Crippen LogP contribution in [0.15, 0.2) is 12.2 Å². The molecule has 20 heavy (non-hydrogen) atoms. The number of rotatable bonds is 3. The fourth-order valence-corrected chi connectivity index (χ4v) is 3.94. The van der Waals surface area contributed by atoms with Crippen LogP contribution in [0.25, 0.3) is 0 Å². The molecule has 2 aliphatic carbocycles. The average molecular weight is 280 g/mol. The Morgan fingerprint density at radius 3 is 2.20 bits per heavy atom. The minimum Gasteiger partial charge on any atom is -0.468 e. The molecular weight excluding hydrogens is 260 g/mol. The number of methoxy groups -OCH3 is 2. The average Bonchev–Trinajstić information content (AvgIpc) is 2.90. The highest BCUT2D eigenvalue weighted by Gasteiger charge is 2.61. The summed E-state index contributed by atoms with van der Waals surface area (Å²) in [6, 6.07) is 0. The molecule has 0 N–H and O–H groups in total. The van der Waals surface area contributed by atoms with E-state index in [-0.39, 0.29) is 23.5 Å². The molecule has 2 aliphatic rings. The molecule has 0 aliphatic heterocycles. The first-order chi connectivity index (χ1) is 9.37. The number of hydrogen-bond donors (Lipinski definition) is 0. The normalized spacial score (nSPS) is 30.8. The van der Waals surface area contributed by atoms with E-state index < -0.39 is 17.4 Å². The van der Waals surface area contributed by atoms with Crippen LogP contribution >= 0.6 is 0 Å². The third-order valence-electron chi connectivity index (χ3n) is 4.72. The van der Waals surface area contributed by atoms with Gasteiger partial charge >= 0.3 is 11.9 Å². The van der Waals surface area contributed by atoms with Crippen LogP contribution in [-0.2, 0) is 23.9 Å². The second-order valence-electron chi connectivity index (χ2n) is 5.89. The van der Waals surface area contributed by atoms with E-state index in [0.717, 1.165) is 5.57 Å². The number of carbonyl (C=O) groups is 3. The highest BCUT2D eigenvalue weighted by molar-refractivity contribution is 6.01. The lowest BCUT2D eigenvalue weighted by molar-refractivity contribution is -0.169. The van der Waals surface area contributed by atoms with Gasteiger partial charge in [-0.1, -0.05) is 12.2 Å². The molecule has 0 spiro atoms. The largest absolute Gasteiger partial charge is 0.468 e. The lowest BCUT2D eigenvalue weighted by atomic mass is 9.80. The first-order valence-corrected chi connectivity index (χ1v) is 6.72. The van der Waals surface area contributed by atoms with Crippen molar-refractivity contribution in [2.75, 3.05) is 14.2 Å². The molecule has 5 nitrogen and oxygen atoms in total. The first kappa shape index (κ1) is 14.8. The zero-order chi connectivity index (χ0) is 15.1. The van der Waals surface area contributed by atoms with Gasteiger partial charge in [-0.05, 0) is 31.6 Å². The van der Waals surface area contributed by atoms with Gasteiger partial charge in [0.15, 0.2) is 5.41 Å². The molecule has 0 saturated heterocycles. The van der Waals surface area contributed by atoms with E-state index in [0.29, 0.717) is 19.3 Å². The van der Waals surface area contributed by atoms with Crippen molar-refractivity contribution in [3.05, 3.63) is 12.2 Å². The fourth-order valence-electron chi connectivity index (χ4n) is 3.94. The summed E-state index contributed by atoms with van der Waals surface area (Å²) >= 11 is 0. The van der Waals surface area contributed by atoms with Crippen LogP contribution in [0.3, 0.4) is 0 Å². The van der Waals surface area contributed by atoms with Gasteiger partial charge < -0.3 is 9.47 Å². The quantitative estimate of drug-likeness (QED) is 0.445. The Morgan fingerprint density at radius 2 is 1.75 bits per heavy atom. The van der Waals surface area contributed by atoms with Crippen molar-refractivity contribution in [2.45, 2.75) is 26.2 Å². The van der Waals surface area contributed by atoms with Crippen LogP contribution in [0.2, 0.25) is 0 Å². The van der Waals surface area contributed by atoms with E-state index in [1.54, 1.807) is 0 Å². The van der Waals surface area contributed by atoms with Crippen molar-refractivity contribution in [3.63, 3.8) is 0 Å². The number of ether oxygens (including phenoxy) is 2. The van der Waals surface area contributed by atoms with E-state index >= 15 is 0 Å². The Kier molecular flexibility index (Phi) is 3.71. The molecule has 0 amide bonds. The number of Topliss-reactive ketones (excluding diaryl/α,β-unsaturated/α-hetero) is 1. The number of fused-ring (bicyclic) bond motifs is 1. The van der Waals surface area contributed by atoms with Crippen molar-refractivity contribution >= 4 is 17.7 Å². The number of esters is 2. The Bertz CT molecular complexity index is 463. The Hall–Kier alpha value is -1.65. The molecule has 2 fully saturated rings. The van der Waals surface area contributed by atoms with Crippen LogP contribution in [0, 0.1) is 23.2 Å². The Morgan fingerprint density at radius 1 is 1.20 bits per heavy atom. The Labute approximate surface area is 118 Å². The van der Waals surface area contributed by atoms with Gasteiger partial charge in [0.25, 0.3) is 0 Å². The molecule has 0 radical (unpaired) electrons. The minimum atomic E-state index is -1.26. The molecule has 110 valence electrons. The zero-order valence-electron chi connectivity index (χ0n) is 12.1. The van der Waals surface area contributed by atoms with Gasteiger partial charge in [-0.3, -0.25) is 14.4 Å². The maximum Gasteiger partial charge on any atom is 0.323 e. The summed E-state index contributed by atoms with van der Waals surface area (Å²) in [6.45, 7) is 5.69. The predicted octanol–water partition coefficient (Wildman–Crippen LogP) is 1.51. The van der Waals surface area contributed by atoms with E-state index in [4.69, 9.17) is 9.47 Å². The van der Waals surface area contributed by atoms with Crippen LogP contribution in [-0.4, -0.2) is 31.9 Å². The van der Waals surface area contributed by atoms with Crippen LogP contribution in [0.1, 0.15) is 26.2 Å². The Balaban J connectivity index is 2.34. The SMILES string of the molecule is C=C(C)[C@@H]1C(=O)C[C@H]2CC(C(=O)OC)(C(=O)OC)C[C@H]21. The summed E-state index contributed by atoms with van der Waals surface area (Å²) in [5.74, 6) is -1.20. The van der Waals surface area contributed by atoms with Crippen LogP contribution in [0.4, 0.5) is 0 Å². The molecule has 0 aromatic heterocycles. The summed E-state index contributed by atoms with van der Waals surface area (Å²) in [6.07, 6.45) is 1.03. The first-order valence-electron chi connectivity index (χ1n) is 6.72. The van der Waals surface area contributed by atoms with E-state index in [2.05, 4.69) is 6.58 Å². The van der Waals surface area contributed by atoms with E-state index in [1.165, 1.54) is 14.2 Å². The lowest BCUT2D eigenvalue weighted by Gasteiger charge is -2.25. The van der Waals surface area contributed by atoms with Gasteiger partial charge in [-0.2, -0.15) is 0 Å². The maximum atomic E-state index is 12.1. The molecular formula is C15H20O5. The fraction of sp³-hybridized carbons (Fsp3) is 0.667. The maximum absolute atomic E-state index is 12.1. The van der Waals surface area contributed by atoms with Gasteiger partial charge in [-0.15, -0.1) is 0 Å². The highest BCUT2D eigenvalue weighted by Crippen LogP contribution is 2.56. The topological polar surface area (TPSA) is 69.7 Å². The van der Waals surface area contributed by atoms with Gasteiger partial charge in [0.1, 0.15) is 5.78 Å². The third-order valence-corrected chi connectivity index (χ3v) is 4.72. The molecule has 2 saturated carbocycles. The highest BCUT2D eigenvalue weighted by atomic mass is 16.5. The predicted molar refractivity (Wildman–Crippen MR) is 70.6 cm³/mol. The lowest BCUT2D eigenvalue weighted by Crippen LogP contribution is -2.40. The molecule has 0 bridgehead atoms. The number of hydrogen-bond acceptors (Lipinski definition) is 5. The van der Waals surface area contributed by atoms with Crippen molar-refractivity contribution in [1.29, 1.82) is 0 Å². The standard InChI is InChI=1S/C15H20O5/c1-8(2)12-10-7-15(13(17)19-3,14(18)20-4)6-9(10)5-11(12)16/h9-10,12H,1,5-7H2,2-4H3/t9-,10+,12-/m0/s1. The van der Waals surface area contributed by atoms with Crippen molar-refractivity contribution in [2.24, 2.45) is 23.2 Å². The van der Waals surface area contributed by atoms with Gasteiger partial charge in [0.05, 0.1) is 14.2 Å². The van der Waals surface area contributed by atoms with Gasteiger partial charge in [0, 0.05) is 12.3 Å². The van der Waals surface area contributed by atoms with E-state index in [1.807, 2.05) is 6.92 Å². The van der Waals surface area contributed by atoms with Crippen LogP contribution in [0.5, 0.6) is 0 Å². The molecule has 2 rings (SSSR count). The molecule has 0 aromatic carbocycles.